The number of aromatic nitrogens is 2. The van der Waals surface area contributed by atoms with Gasteiger partial charge in [0.25, 0.3) is 0 Å². The smallest absolute Gasteiger partial charge is 0.0650 e. The quantitative estimate of drug-likeness (QED) is 0.853. The first kappa shape index (κ1) is 14.2. The van der Waals surface area contributed by atoms with Gasteiger partial charge in [-0.05, 0) is 55.7 Å². The summed E-state index contributed by atoms with van der Waals surface area (Å²) in [6, 6.07) is 11.2. The van der Waals surface area contributed by atoms with Crippen molar-refractivity contribution in [3.63, 3.8) is 0 Å². The van der Waals surface area contributed by atoms with Gasteiger partial charge in [0.2, 0.25) is 0 Å². The zero-order valence-electron chi connectivity index (χ0n) is 13.0. The molecule has 0 unspecified atom stereocenters. The van der Waals surface area contributed by atoms with Crippen LogP contribution in [0.1, 0.15) is 39.5 Å². The van der Waals surface area contributed by atoms with E-state index in [0.717, 1.165) is 17.5 Å². The molecule has 2 aromatic rings. The number of rotatable bonds is 4. The van der Waals surface area contributed by atoms with Gasteiger partial charge in [-0.15, -0.1) is 0 Å². The molecule has 1 heterocycles. The average Bonchev–Trinajstić information content (AvgIpc) is 3.02. The van der Waals surface area contributed by atoms with Gasteiger partial charge in [-0.2, -0.15) is 5.10 Å². The summed E-state index contributed by atoms with van der Waals surface area (Å²) in [6.07, 6.45) is 7.09. The molecule has 0 spiro atoms. The molecule has 0 aliphatic heterocycles. The summed E-state index contributed by atoms with van der Waals surface area (Å²) in [5.74, 6) is 1.74. The Balaban J connectivity index is 1.62. The lowest BCUT2D eigenvalue weighted by molar-refractivity contribution is 0.267. The van der Waals surface area contributed by atoms with Crippen molar-refractivity contribution in [1.82, 2.24) is 10.2 Å². The summed E-state index contributed by atoms with van der Waals surface area (Å²) in [5.41, 5.74) is 3.48. The monoisotopic (exact) mass is 283 g/mol. The fourth-order valence-electron chi connectivity index (χ4n) is 3.36. The first-order chi connectivity index (χ1) is 10.2. The Morgan fingerprint density at radius 2 is 1.95 bits per heavy atom. The first-order valence-corrected chi connectivity index (χ1v) is 8.08. The van der Waals surface area contributed by atoms with Gasteiger partial charge in [0.05, 0.1) is 5.69 Å². The molecule has 1 fully saturated rings. The number of hydrogen-bond acceptors (Lipinski definition) is 2. The third-order valence-electron chi connectivity index (χ3n) is 4.76. The molecule has 0 radical (unpaired) electrons. The van der Waals surface area contributed by atoms with Gasteiger partial charge in [0.1, 0.15) is 0 Å². The van der Waals surface area contributed by atoms with Crippen LogP contribution in [0.3, 0.4) is 0 Å². The van der Waals surface area contributed by atoms with E-state index in [0.29, 0.717) is 6.04 Å². The fourth-order valence-corrected chi connectivity index (χ4v) is 3.36. The second kappa shape index (κ2) is 6.33. The number of H-pyrrole nitrogens is 1. The van der Waals surface area contributed by atoms with Gasteiger partial charge in [0, 0.05) is 23.5 Å². The fraction of sp³-hybridized carbons (Fsp3) is 0.500. The van der Waals surface area contributed by atoms with Crippen LogP contribution in [-0.4, -0.2) is 16.2 Å². The average molecular weight is 283 g/mol. The predicted molar refractivity (Wildman–Crippen MR) is 88.2 cm³/mol. The number of benzene rings is 1. The Morgan fingerprint density at radius 1 is 1.14 bits per heavy atom. The normalized spacial score (nSPS) is 22.4. The molecule has 112 valence electrons. The number of aromatic amines is 1. The number of anilines is 1. The van der Waals surface area contributed by atoms with E-state index >= 15 is 0 Å². The molecule has 3 rings (SSSR count). The minimum atomic E-state index is 0.622. The van der Waals surface area contributed by atoms with Crippen molar-refractivity contribution in [3.8, 4) is 11.3 Å². The zero-order valence-corrected chi connectivity index (χ0v) is 13.0. The highest BCUT2D eigenvalue weighted by molar-refractivity contribution is 5.64. The minimum absolute atomic E-state index is 0.622. The van der Waals surface area contributed by atoms with Crippen molar-refractivity contribution in [1.29, 1.82) is 0 Å². The maximum Gasteiger partial charge on any atom is 0.0650 e. The lowest BCUT2D eigenvalue weighted by atomic mass is 9.79. The van der Waals surface area contributed by atoms with E-state index in [4.69, 9.17) is 0 Å². The largest absolute Gasteiger partial charge is 0.382 e. The van der Waals surface area contributed by atoms with Crippen molar-refractivity contribution in [2.45, 2.75) is 45.6 Å². The summed E-state index contributed by atoms with van der Waals surface area (Å²) in [5, 5.41) is 10.8. The Bertz CT molecular complexity index is 552. The van der Waals surface area contributed by atoms with E-state index in [1.165, 1.54) is 36.9 Å². The molecule has 0 amide bonds. The molecule has 21 heavy (non-hydrogen) atoms. The highest BCUT2D eigenvalue weighted by atomic mass is 15.1. The molecule has 0 saturated heterocycles. The third-order valence-corrected chi connectivity index (χ3v) is 4.76. The second-order valence-electron chi connectivity index (χ2n) is 6.55. The number of nitrogens with zero attached hydrogens (tertiary/aromatic N) is 1. The Hall–Kier alpha value is -1.77. The lowest BCUT2D eigenvalue weighted by Crippen LogP contribution is -2.27. The summed E-state index contributed by atoms with van der Waals surface area (Å²) < 4.78 is 0. The summed E-state index contributed by atoms with van der Waals surface area (Å²) in [7, 11) is 0. The van der Waals surface area contributed by atoms with Gasteiger partial charge in [-0.25, -0.2) is 0 Å². The molecule has 1 aliphatic carbocycles. The van der Waals surface area contributed by atoms with Crippen LogP contribution in [0.15, 0.2) is 36.5 Å². The van der Waals surface area contributed by atoms with Gasteiger partial charge in [0.15, 0.2) is 0 Å². The van der Waals surface area contributed by atoms with Gasteiger partial charge in [-0.1, -0.05) is 26.0 Å². The second-order valence-corrected chi connectivity index (χ2v) is 6.55. The molecule has 2 N–H and O–H groups in total. The number of hydrogen-bond donors (Lipinski definition) is 2. The van der Waals surface area contributed by atoms with Crippen LogP contribution in [0.2, 0.25) is 0 Å². The Morgan fingerprint density at radius 3 is 2.62 bits per heavy atom. The summed E-state index contributed by atoms with van der Waals surface area (Å²) in [6.45, 7) is 4.71. The van der Waals surface area contributed by atoms with E-state index in [2.05, 4.69) is 53.6 Å². The van der Waals surface area contributed by atoms with E-state index < -0.39 is 0 Å². The highest BCUT2D eigenvalue weighted by Gasteiger charge is 2.23. The van der Waals surface area contributed by atoms with E-state index in [9.17, 15) is 0 Å². The van der Waals surface area contributed by atoms with Crippen LogP contribution in [0.25, 0.3) is 11.3 Å². The van der Waals surface area contributed by atoms with Crippen LogP contribution < -0.4 is 5.32 Å². The maximum absolute atomic E-state index is 4.02. The topological polar surface area (TPSA) is 40.7 Å². The van der Waals surface area contributed by atoms with Crippen LogP contribution in [0.5, 0.6) is 0 Å². The molecule has 3 heteroatoms. The van der Waals surface area contributed by atoms with Crippen molar-refractivity contribution in [3.05, 3.63) is 36.5 Å². The minimum Gasteiger partial charge on any atom is -0.382 e. The Kier molecular flexibility index (Phi) is 4.28. The van der Waals surface area contributed by atoms with Crippen LogP contribution in [0.4, 0.5) is 5.69 Å². The van der Waals surface area contributed by atoms with E-state index in [1.54, 1.807) is 6.20 Å². The molecule has 1 aromatic carbocycles. The van der Waals surface area contributed by atoms with Gasteiger partial charge >= 0.3 is 0 Å². The summed E-state index contributed by atoms with van der Waals surface area (Å²) in [4.78, 5) is 0. The van der Waals surface area contributed by atoms with E-state index in [1.807, 2.05) is 6.07 Å². The predicted octanol–water partition coefficient (Wildman–Crippen LogP) is 4.70. The standard InChI is InChI=1S/C18H25N3/c1-13(2)14-6-8-16(9-7-14)20-17-5-3-4-15(12-17)18-10-11-19-21-18/h3-5,10-14,16,20H,6-9H2,1-2H3,(H,19,21). The van der Waals surface area contributed by atoms with Crippen LogP contribution in [0, 0.1) is 11.8 Å². The van der Waals surface area contributed by atoms with Crippen LogP contribution in [-0.2, 0) is 0 Å². The molecule has 1 saturated carbocycles. The molecule has 1 aliphatic rings. The third kappa shape index (κ3) is 3.46. The van der Waals surface area contributed by atoms with Gasteiger partial charge in [-0.3, -0.25) is 5.10 Å². The van der Waals surface area contributed by atoms with Crippen molar-refractivity contribution < 1.29 is 0 Å². The molecule has 0 bridgehead atoms. The molecule has 0 atom stereocenters. The molecule has 1 aromatic heterocycles. The number of nitrogens with one attached hydrogen (secondary N) is 2. The molecular formula is C18H25N3. The van der Waals surface area contributed by atoms with Crippen molar-refractivity contribution >= 4 is 5.69 Å². The van der Waals surface area contributed by atoms with Crippen molar-refractivity contribution in [2.24, 2.45) is 11.8 Å². The van der Waals surface area contributed by atoms with Gasteiger partial charge < -0.3 is 5.32 Å². The maximum atomic E-state index is 4.02. The first-order valence-electron chi connectivity index (χ1n) is 8.08. The lowest BCUT2D eigenvalue weighted by Gasteiger charge is -2.32. The van der Waals surface area contributed by atoms with E-state index in [-0.39, 0.29) is 0 Å². The molecule has 3 nitrogen and oxygen atoms in total. The van der Waals surface area contributed by atoms with Crippen molar-refractivity contribution in [2.75, 3.05) is 5.32 Å². The SMILES string of the molecule is CC(C)C1CCC(Nc2cccc(-c3ccn[nH]3)c2)CC1. The Labute approximate surface area is 127 Å². The van der Waals surface area contributed by atoms with Crippen LogP contribution >= 0.6 is 0 Å². The molecular weight excluding hydrogens is 258 g/mol. The highest BCUT2D eigenvalue weighted by Crippen LogP contribution is 2.31. The summed E-state index contributed by atoms with van der Waals surface area (Å²) >= 11 is 0. The zero-order chi connectivity index (χ0) is 14.7.